The first-order chi connectivity index (χ1) is 25.2. The Kier molecular flexibility index (Phi) is 24.2. The average molecular weight is 756 g/mol. The van der Waals surface area contributed by atoms with Crippen molar-refractivity contribution in [3.63, 3.8) is 0 Å². The number of nitrogens with one attached hydrogen (secondary N) is 5. The Morgan fingerprint density at radius 2 is 1.40 bits per heavy atom. The number of carboxylic acid groups (broad SMARTS) is 1. The summed E-state index contributed by atoms with van der Waals surface area (Å²) in [5.41, 5.74) is 2.76. The number of aryl methyl sites for hydroxylation is 1. The summed E-state index contributed by atoms with van der Waals surface area (Å²) in [5.74, 6) is -2.13. The SMILES string of the molecule is CSCCC(NC(=O)c1ccc(CNC(C)C)cc1)C(=O)NCC(=O)NC(CCCCNC(=O)CCCCC(=O)C(C)C)C(=O)O.Cc1ccccc1. The fourth-order valence-corrected chi connectivity index (χ4v) is 5.30. The normalized spacial score (nSPS) is 11.8. The van der Waals surface area contributed by atoms with E-state index in [9.17, 15) is 33.9 Å². The molecule has 294 valence electrons. The molecule has 0 fully saturated rings. The number of Topliss-reactive ketones (excluding diaryl/α,β-unsaturated/α-hetero) is 1. The second kappa shape index (κ2) is 27.4. The third-order valence-electron chi connectivity index (χ3n) is 8.12. The van der Waals surface area contributed by atoms with Crippen LogP contribution in [0.3, 0.4) is 0 Å². The number of ketones is 1. The van der Waals surface area contributed by atoms with Crippen LogP contribution in [0.25, 0.3) is 0 Å². The van der Waals surface area contributed by atoms with Crippen LogP contribution in [0.5, 0.6) is 0 Å². The van der Waals surface area contributed by atoms with Gasteiger partial charge < -0.3 is 31.7 Å². The average Bonchev–Trinajstić information content (AvgIpc) is 3.13. The molecular weight excluding hydrogens is 695 g/mol. The fraction of sp³-hybridized carbons (Fsp3) is 0.550. The molecule has 0 bridgehead atoms. The van der Waals surface area contributed by atoms with E-state index in [1.54, 1.807) is 12.1 Å². The van der Waals surface area contributed by atoms with Crippen LogP contribution in [-0.4, -0.2) is 83.7 Å². The highest BCUT2D eigenvalue weighted by Crippen LogP contribution is 2.09. The lowest BCUT2D eigenvalue weighted by Gasteiger charge is -2.19. The molecule has 0 saturated heterocycles. The molecule has 6 N–H and O–H groups in total. The number of hydrogen-bond donors (Lipinski definition) is 6. The number of carboxylic acids is 1. The van der Waals surface area contributed by atoms with Gasteiger partial charge in [0.1, 0.15) is 17.9 Å². The maximum Gasteiger partial charge on any atom is 0.326 e. The largest absolute Gasteiger partial charge is 0.480 e. The minimum atomic E-state index is -1.20. The minimum Gasteiger partial charge on any atom is -0.480 e. The van der Waals surface area contributed by atoms with Crippen molar-refractivity contribution < 1.29 is 33.9 Å². The van der Waals surface area contributed by atoms with Gasteiger partial charge in [0.2, 0.25) is 17.7 Å². The maximum atomic E-state index is 12.9. The first kappa shape index (κ1) is 46.8. The lowest BCUT2D eigenvalue weighted by molar-refractivity contribution is -0.142. The standard InChI is InChI=1S/C33H53N5O7S.C7H8/c1-22(2)28(39)11-6-7-12-29(40)34-18-9-8-10-27(33(44)45)37-30(41)21-36-32(43)26(17-19-46-5)38-31(42)25-15-13-24(14-16-25)20-35-23(3)4;1-7-5-3-2-4-6-7/h13-16,22-23,26-27,35H,6-12,17-21H2,1-5H3,(H,34,40)(H,36,43)(H,37,41)(H,38,42)(H,44,45);2-6H,1H3. The Balaban J connectivity index is 0.00000178. The first-order valence-electron chi connectivity index (χ1n) is 18.5. The third-order valence-corrected chi connectivity index (χ3v) is 8.77. The van der Waals surface area contributed by atoms with Crippen molar-refractivity contribution in [1.82, 2.24) is 26.6 Å². The van der Waals surface area contributed by atoms with Crippen molar-refractivity contribution in [3.05, 3.63) is 71.3 Å². The van der Waals surface area contributed by atoms with Crippen LogP contribution >= 0.6 is 11.8 Å². The van der Waals surface area contributed by atoms with E-state index < -0.39 is 42.3 Å². The first-order valence-corrected chi connectivity index (χ1v) is 19.9. The van der Waals surface area contributed by atoms with Crippen molar-refractivity contribution in [2.45, 2.75) is 111 Å². The minimum absolute atomic E-state index is 0.000405. The van der Waals surface area contributed by atoms with Crippen LogP contribution in [0, 0.1) is 12.8 Å². The fourth-order valence-electron chi connectivity index (χ4n) is 4.83. The van der Waals surface area contributed by atoms with Crippen LogP contribution < -0.4 is 26.6 Å². The van der Waals surface area contributed by atoms with E-state index in [0.717, 1.165) is 5.56 Å². The van der Waals surface area contributed by atoms with Gasteiger partial charge in [-0.25, -0.2) is 4.79 Å². The quantitative estimate of drug-likeness (QED) is 0.0821. The third kappa shape index (κ3) is 22.4. The van der Waals surface area contributed by atoms with E-state index in [1.165, 1.54) is 17.3 Å². The number of aliphatic carboxylic acids is 1. The molecule has 2 rings (SSSR count). The zero-order chi connectivity index (χ0) is 39.6. The van der Waals surface area contributed by atoms with Crippen LogP contribution in [-0.2, 0) is 30.5 Å². The smallest absolute Gasteiger partial charge is 0.326 e. The van der Waals surface area contributed by atoms with Gasteiger partial charge in [-0.15, -0.1) is 0 Å². The molecule has 0 radical (unpaired) electrons. The monoisotopic (exact) mass is 755 g/mol. The predicted molar refractivity (Wildman–Crippen MR) is 212 cm³/mol. The molecule has 2 aromatic carbocycles. The molecule has 0 heterocycles. The Morgan fingerprint density at radius 3 is 1.96 bits per heavy atom. The molecule has 0 spiro atoms. The Bertz CT molecular complexity index is 1400. The van der Waals surface area contributed by atoms with Gasteiger partial charge >= 0.3 is 5.97 Å². The Labute approximate surface area is 319 Å². The molecule has 53 heavy (non-hydrogen) atoms. The summed E-state index contributed by atoms with van der Waals surface area (Å²) in [6.45, 7) is 10.5. The molecule has 2 unspecified atom stereocenters. The van der Waals surface area contributed by atoms with E-state index in [1.807, 2.05) is 64.3 Å². The summed E-state index contributed by atoms with van der Waals surface area (Å²) < 4.78 is 0. The van der Waals surface area contributed by atoms with Gasteiger partial charge in [0.15, 0.2) is 0 Å². The summed E-state index contributed by atoms with van der Waals surface area (Å²) in [4.78, 5) is 73.6. The lowest BCUT2D eigenvalue weighted by Crippen LogP contribution is -2.51. The molecule has 0 aliphatic heterocycles. The number of thioether (sulfide) groups is 1. The molecule has 0 saturated carbocycles. The second-order valence-corrected chi connectivity index (χ2v) is 14.5. The number of unbranched alkanes of at least 4 members (excludes halogenated alkanes) is 2. The summed E-state index contributed by atoms with van der Waals surface area (Å²) in [6, 6.07) is 15.7. The van der Waals surface area contributed by atoms with Gasteiger partial charge in [0.25, 0.3) is 5.91 Å². The van der Waals surface area contributed by atoms with E-state index in [-0.39, 0.29) is 24.0 Å². The molecule has 4 amide bonds. The summed E-state index contributed by atoms with van der Waals surface area (Å²) in [7, 11) is 0. The molecule has 13 heteroatoms. The number of carbonyl (C=O) groups is 6. The van der Waals surface area contributed by atoms with E-state index in [4.69, 9.17) is 0 Å². The van der Waals surface area contributed by atoms with Crippen molar-refractivity contribution in [2.75, 3.05) is 25.1 Å². The van der Waals surface area contributed by atoms with Gasteiger partial charge in [0.05, 0.1) is 6.54 Å². The molecule has 12 nitrogen and oxygen atoms in total. The molecular formula is C40H61N5O7S. The summed E-state index contributed by atoms with van der Waals surface area (Å²) in [6.07, 6.45) is 5.46. The highest BCUT2D eigenvalue weighted by Gasteiger charge is 2.24. The zero-order valence-electron chi connectivity index (χ0n) is 32.3. The van der Waals surface area contributed by atoms with Crippen LogP contribution in [0.1, 0.15) is 101 Å². The van der Waals surface area contributed by atoms with Crippen LogP contribution in [0.15, 0.2) is 54.6 Å². The molecule has 2 atom stereocenters. The summed E-state index contributed by atoms with van der Waals surface area (Å²) >= 11 is 1.52. The van der Waals surface area contributed by atoms with E-state index >= 15 is 0 Å². The molecule has 0 aliphatic carbocycles. The second-order valence-electron chi connectivity index (χ2n) is 13.5. The number of benzene rings is 2. The van der Waals surface area contributed by atoms with Gasteiger partial charge in [0, 0.05) is 43.5 Å². The zero-order valence-corrected chi connectivity index (χ0v) is 33.1. The molecule has 0 aromatic heterocycles. The van der Waals surface area contributed by atoms with Gasteiger partial charge in [-0.2, -0.15) is 11.8 Å². The van der Waals surface area contributed by atoms with Crippen LogP contribution in [0.2, 0.25) is 0 Å². The number of carbonyl (C=O) groups excluding carboxylic acids is 5. The lowest BCUT2D eigenvalue weighted by atomic mass is 10.0. The molecule has 0 aliphatic rings. The highest BCUT2D eigenvalue weighted by atomic mass is 32.2. The highest BCUT2D eigenvalue weighted by molar-refractivity contribution is 7.98. The maximum absolute atomic E-state index is 12.9. The van der Waals surface area contributed by atoms with Gasteiger partial charge in [-0.05, 0) is 75.2 Å². The van der Waals surface area contributed by atoms with Gasteiger partial charge in [-0.1, -0.05) is 75.7 Å². The van der Waals surface area contributed by atoms with Crippen LogP contribution in [0.4, 0.5) is 0 Å². The van der Waals surface area contributed by atoms with Crippen molar-refractivity contribution >= 4 is 47.1 Å². The topological polar surface area (TPSA) is 183 Å². The van der Waals surface area contributed by atoms with Crippen molar-refractivity contribution in [3.8, 4) is 0 Å². The number of hydrogen-bond acceptors (Lipinski definition) is 8. The molecule has 2 aromatic rings. The number of amides is 4. The van der Waals surface area contributed by atoms with Gasteiger partial charge in [-0.3, -0.25) is 24.0 Å². The van der Waals surface area contributed by atoms with Crippen molar-refractivity contribution in [1.29, 1.82) is 0 Å². The summed E-state index contributed by atoms with van der Waals surface area (Å²) in [5, 5.41) is 23.3. The van der Waals surface area contributed by atoms with E-state index in [2.05, 4.69) is 45.6 Å². The Morgan fingerprint density at radius 1 is 0.736 bits per heavy atom. The van der Waals surface area contributed by atoms with Crippen molar-refractivity contribution in [2.24, 2.45) is 5.92 Å². The Hall–Kier alpha value is -4.23. The van der Waals surface area contributed by atoms with E-state index in [0.29, 0.717) is 75.4 Å². The number of rotatable bonds is 24. The predicted octanol–water partition coefficient (Wildman–Crippen LogP) is 4.79.